The molecule has 1 aromatic rings. The molecule has 1 heterocycles. The maximum atomic E-state index is 4.39. The monoisotopic (exact) mass is 316 g/mol. The molecule has 1 atom stereocenters. The molecule has 1 unspecified atom stereocenters. The van der Waals surface area contributed by atoms with E-state index in [1.807, 2.05) is 5.01 Å². The predicted molar refractivity (Wildman–Crippen MR) is 67.6 cm³/mol. The van der Waals surface area contributed by atoms with Gasteiger partial charge in [-0.1, -0.05) is 33.6 Å². The molecule has 4 heteroatoms. The van der Waals surface area contributed by atoms with Gasteiger partial charge in [0.25, 0.3) is 0 Å². The van der Waals surface area contributed by atoms with Crippen molar-refractivity contribution in [3.8, 4) is 0 Å². The van der Waals surface area contributed by atoms with E-state index in [0.717, 1.165) is 16.9 Å². The SMILES string of the molecule is Cc1ccc(N2CC(Br)C(Br)=N2)cc1. The van der Waals surface area contributed by atoms with Crippen molar-refractivity contribution in [2.75, 3.05) is 11.6 Å². The molecule has 74 valence electrons. The lowest BCUT2D eigenvalue weighted by Crippen LogP contribution is -2.17. The minimum Gasteiger partial charge on any atom is -0.263 e. The van der Waals surface area contributed by atoms with Gasteiger partial charge in [0.2, 0.25) is 0 Å². The summed E-state index contributed by atoms with van der Waals surface area (Å²) in [5, 5.41) is 6.38. The first-order valence-electron chi connectivity index (χ1n) is 4.39. The molecule has 0 spiro atoms. The number of aryl methyl sites for hydroxylation is 1. The van der Waals surface area contributed by atoms with Crippen LogP contribution in [0.2, 0.25) is 0 Å². The Hall–Kier alpha value is -0.350. The van der Waals surface area contributed by atoms with Crippen molar-refractivity contribution >= 4 is 42.2 Å². The second kappa shape index (κ2) is 4.03. The molecule has 1 aliphatic rings. The summed E-state index contributed by atoms with van der Waals surface area (Å²) in [4.78, 5) is 0.309. The van der Waals surface area contributed by atoms with Gasteiger partial charge in [0.05, 0.1) is 17.1 Å². The highest BCUT2D eigenvalue weighted by Gasteiger charge is 2.22. The van der Waals surface area contributed by atoms with Crippen molar-refractivity contribution in [3.05, 3.63) is 29.8 Å². The topological polar surface area (TPSA) is 15.6 Å². The number of hydrazone groups is 1. The molecule has 2 nitrogen and oxygen atoms in total. The zero-order chi connectivity index (χ0) is 10.1. The van der Waals surface area contributed by atoms with Crippen LogP contribution in [0.4, 0.5) is 5.69 Å². The average Bonchev–Trinajstić information content (AvgIpc) is 2.48. The van der Waals surface area contributed by atoms with E-state index in [4.69, 9.17) is 0 Å². The Balaban J connectivity index is 2.22. The molecular formula is C10H10Br2N2. The van der Waals surface area contributed by atoms with E-state index in [1.165, 1.54) is 5.56 Å². The van der Waals surface area contributed by atoms with Crippen LogP contribution in [0.5, 0.6) is 0 Å². The summed E-state index contributed by atoms with van der Waals surface area (Å²) in [6.07, 6.45) is 0. The largest absolute Gasteiger partial charge is 0.263 e. The summed E-state index contributed by atoms with van der Waals surface area (Å²) in [5.74, 6) is 0. The number of halogens is 2. The predicted octanol–water partition coefficient (Wildman–Crippen LogP) is 3.29. The third-order valence-electron chi connectivity index (χ3n) is 2.14. The van der Waals surface area contributed by atoms with Crippen molar-refractivity contribution in [3.63, 3.8) is 0 Å². The number of anilines is 1. The van der Waals surface area contributed by atoms with E-state index < -0.39 is 0 Å². The fourth-order valence-electron chi connectivity index (χ4n) is 1.33. The average molecular weight is 318 g/mol. The molecule has 0 amide bonds. The Kier molecular flexibility index (Phi) is 2.93. The zero-order valence-corrected chi connectivity index (χ0v) is 10.9. The van der Waals surface area contributed by atoms with Gasteiger partial charge < -0.3 is 0 Å². The smallest absolute Gasteiger partial charge is 0.119 e. The second-order valence-electron chi connectivity index (χ2n) is 3.31. The van der Waals surface area contributed by atoms with E-state index in [-0.39, 0.29) is 0 Å². The van der Waals surface area contributed by atoms with Crippen molar-refractivity contribution in [1.82, 2.24) is 0 Å². The van der Waals surface area contributed by atoms with Crippen LogP contribution in [0, 0.1) is 6.92 Å². The molecule has 0 aromatic heterocycles. The Morgan fingerprint density at radius 1 is 1.36 bits per heavy atom. The maximum Gasteiger partial charge on any atom is 0.119 e. The number of alkyl halides is 1. The third-order valence-corrected chi connectivity index (χ3v) is 4.19. The summed E-state index contributed by atoms with van der Waals surface area (Å²) >= 11 is 6.95. The number of nitrogens with zero attached hydrogens (tertiary/aromatic N) is 2. The number of hydrogen-bond donors (Lipinski definition) is 0. The molecule has 0 fully saturated rings. The van der Waals surface area contributed by atoms with Gasteiger partial charge in [-0.3, -0.25) is 5.01 Å². The molecule has 0 saturated carbocycles. The number of hydrogen-bond acceptors (Lipinski definition) is 2. The van der Waals surface area contributed by atoms with Crippen molar-refractivity contribution in [2.24, 2.45) is 5.10 Å². The molecule has 1 aliphatic heterocycles. The van der Waals surface area contributed by atoms with Gasteiger partial charge in [-0.15, -0.1) is 0 Å². The van der Waals surface area contributed by atoms with Crippen molar-refractivity contribution in [2.45, 2.75) is 11.8 Å². The van der Waals surface area contributed by atoms with Crippen molar-refractivity contribution < 1.29 is 0 Å². The van der Waals surface area contributed by atoms with E-state index in [1.54, 1.807) is 0 Å². The van der Waals surface area contributed by atoms with Gasteiger partial charge in [-0.25, -0.2) is 0 Å². The van der Waals surface area contributed by atoms with Gasteiger partial charge in [-0.2, -0.15) is 5.10 Å². The lowest BCUT2D eigenvalue weighted by atomic mass is 10.2. The molecular weight excluding hydrogens is 308 g/mol. The maximum absolute atomic E-state index is 4.39. The molecule has 2 rings (SSSR count). The van der Waals surface area contributed by atoms with Gasteiger partial charge in [-0.05, 0) is 35.0 Å². The first-order chi connectivity index (χ1) is 6.66. The lowest BCUT2D eigenvalue weighted by Gasteiger charge is -2.13. The van der Waals surface area contributed by atoms with Crippen LogP contribution in [0.3, 0.4) is 0 Å². The summed E-state index contributed by atoms with van der Waals surface area (Å²) < 4.78 is 0.957. The quantitative estimate of drug-likeness (QED) is 0.726. The highest BCUT2D eigenvalue weighted by molar-refractivity contribution is 9.20. The summed E-state index contributed by atoms with van der Waals surface area (Å²) in [7, 11) is 0. The van der Waals surface area contributed by atoms with Crippen LogP contribution >= 0.6 is 31.9 Å². The summed E-state index contributed by atoms with van der Waals surface area (Å²) in [6, 6.07) is 8.37. The molecule has 0 aliphatic carbocycles. The Morgan fingerprint density at radius 3 is 2.50 bits per heavy atom. The molecule has 14 heavy (non-hydrogen) atoms. The molecule has 0 bridgehead atoms. The zero-order valence-electron chi connectivity index (χ0n) is 7.74. The molecule has 0 N–H and O–H groups in total. The highest BCUT2D eigenvalue weighted by Crippen LogP contribution is 2.24. The first-order valence-corrected chi connectivity index (χ1v) is 6.10. The third kappa shape index (κ3) is 2.01. The summed E-state index contributed by atoms with van der Waals surface area (Å²) in [5.41, 5.74) is 2.40. The Morgan fingerprint density at radius 2 is 2.00 bits per heavy atom. The van der Waals surface area contributed by atoms with Crippen LogP contribution in [0.1, 0.15) is 5.56 Å². The molecule has 0 radical (unpaired) electrons. The second-order valence-corrected chi connectivity index (χ2v) is 5.23. The van der Waals surface area contributed by atoms with Gasteiger partial charge >= 0.3 is 0 Å². The van der Waals surface area contributed by atoms with Crippen LogP contribution in [-0.4, -0.2) is 16.0 Å². The van der Waals surface area contributed by atoms with Gasteiger partial charge in [0.15, 0.2) is 0 Å². The van der Waals surface area contributed by atoms with Crippen molar-refractivity contribution in [1.29, 1.82) is 0 Å². The van der Waals surface area contributed by atoms with E-state index in [0.29, 0.717) is 4.83 Å². The Labute approximate surface area is 100 Å². The Bertz CT molecular complexity index is 359. The van der Waals surface area contributed by atoms with E-state index in [2.05, 4.69) is 68.2 Å². The first kappa shape index (κ1) is 10.2. The highest BCUT2D eigenvalue weighted by atomic mass is 79.9. The number of benzene rings is 1. The van der Waals surface area contributed by atoms with Gasteiger partial charge in [0, 0.05) is 0 Å². The summed E-state index contributed by atoms with van der Waals surface area (Å²) in [6.45, 7) is 2.96. The molecule has 0 saturated heterocycles. The normalized spacial score (nSPS) is 21.2. The van der Waals surface area contributed by atoms with Crippen LogP contribution in [-0.2, 0) is 0 Å². The van der Waals surface area contributed by atoms with Crippen LogP contribution < -0.4 is 5.01 Å². The minimum atomic E-state index is 0.309. The van der Waals surface area contributed by atoms with Crippen LogP contribution in [0.15, 0.2) is 29.4 Å². The molecule has 1 aromatic carbocycles. The fourth-order valence-corrected chi connectivity index (χ4v) is 2.03. The minimum absolute atomic E-state index is 0.309. The van der Waals surface area contributed by atoms with E-state index in [9.17, 15) is 0 Å². The van der Waals surface area contributed by atoms with E-state index >= 15 is 0 Å². The fraction of sp³-hybridized carbons (Fsp3) is 0.300. The number of rotatable bonds is 1. The van der Waals surface area contributed by atoms with Gasteiger partial charge in [0.1, 0.15) is 4.62 Å². The lowest BCUT2D eigenvalue weighted by molar-refractivity contribution is 0.932. The van der Waals surface area contributed by atoms with Crippen LogP contribution in [0.25, 0.3) is 0 Å². The standard InChI is InChI=1S/C10H10Br2N2/c1-7-2-4-8(5-3-7)14-6-9(11)10(12)13-14/h2-5,9H,6H2,1H3.